The standard InChI is InChI=1S/C18H18N2O4/c19-8-13-1-3-14(4-2-13)9-20-10-15(21)11-22-16-5-6-17-18(7-16)24-12-23-17/h1-7,15,20-21H,9-12H2/t15-/m1/s1. The van der Waals surface area contributed by atoms with Gasteiger partial charge in [-0.1, -0.05) is 12.1 Å². The summed E-state index contributed by atoms with van der Waals surface area (Å²) >= 11 is 0. The molecule has 0 radical (unpaired) electrons. The number of fused-ring (bicyclic) bond motifs is 1. The van der Waals surface area contributed by atoms with Crippen LogP contribution in [0.15, 0.2) is 42.5 Å². The Morgan fingerprint density at radius 3 is 2.75 bits per heavy atom. The Kier molecular flexibility index (Phi) is 5.16. The van der Waals surface area contributed by atoms with Crippen LogP contribution in [0.25, 0.3) is 0 Å². The molecule has 3 rings (SSSR count). The Bertz CT molecular complexity index is 725. The molecule has 6 nitrogen and oxygen atoms in total. The molecule has 0 bridgehead atoms. The second-order valence-corrected chi connectivity index (χ2v) is 5.42. The SMILES string of the molecule is N#Cc1ccc(CNC[C@@H](O)COc2ccc3c(c2)OCO3)cc1. The third kappa shape index (κ3) is 4.16. The second kappa shape index (κ2) is 7.68. The average Bonchev–Trinajstić information content (AvgIpc) is 3.08. The van der Waals surface area contributed by atoms with E-state index in [2.05, 4.69) is 11.4 Å². The quantitative estimate of drug-likeness (QED) is 0.807. The minimum absolute atomic E-state index is 0.181. The maximum Gasteiger partial charge on any atom is 0.231 e. The molecule has 0 saturated heterocycles. The summed E-state index contributed by atoms with van der Waals surface area (Å²) < 4.78 is 16.1. The highest BCUT2D eigenvalue weighted by molar-refractivity contribution is 5.46. The van der Waals surface area contributed by atoms with Crippen LogP contribution in [-0.4, -0.2) is 31.2 Å². The zero-order valence-corrected chi connectivity index (χ0v) is 13.1. The van der Waals surface area contributed by atoms with Crippen molar-refractivity contribution in [2.75, 3.05) is 19.9 Å². The Balaban J connectivity index is 1.39. The van der Waals surface area contributed by atoms with Crippen molar-refractivity contribution in [3.05, 3.63) is 53.6 Å². The van der Waals surface area contributed by atoms with Gasteiger partial charge in [0.05, 0.1) is 11.6 Å². The zero-order valence-electron chi connectivity index (χ0n) is 13.1. The Morgan fingerprint density at radius 1 is 1.17 bits per heavy atom. The van der Waals surface area contributed by atoms with E-state index in [9.17, 15) is 5.11 Å². The number of benzene rings is 2. The number of hydrogen-bond donors (Lipinski definition) is 2. The first-order valence-electron chi connectivity index (χ1n) is 7.65. The van der Waals surface area contributed by atoms with Crippen molar-refractivity contribution in [2.24, 2.45) is 0 Å². The molecule has 0 saturated carbocycles. The number of aliphatic hydroxyl groups excluding tert-OH is 1. The molecule has 124 valence electrons. The molecule has 24 heavy (non-hydrogen) atoms. The Labute approximate surface area is 140 Å². The van der Waals surface area contributed by atoms with E-state index in [0.717, 1.165) is 5.56 Å². The van der Waals surface area contributed by atoms with Gasteiger partial charge in [-0.25, -0.2) is 0 Å². The zero-order chi connectivity index (χ0) is 16.8. The molecule has 2 N–H and O–H groups in total. The van der Waals surface area contributed by atoms with E-state index in [-0.39, 0.29) is 13.4 Å². The predicted octanol–water partition coefficient (Wildman–Crippen LogP) is 1.82. The van der Waals surface area contributed by atoms with Crippen molar-refractivity contribution in [1.29, 1.82) is 5.26 Å². The first-order valence-corrected chi connectivity index (χ1v) is 7.65. The first-order chi connectivity index (χ1) is 11.7. The summed E-state index contributed by atoms with van der Waals surface area (Å²) in [5.41, 5.74) is 1.69. The van der Waals surface area contributed by atoms with Crippen molar-refractivity contribution in [1.82, 2.24) is 5.32 Å². The van der Waals surface area contributed by atoms with Gasteiger partial charge in [-0.3, -0.25) is 0 Å². The van der Waals surface area contributed by atoms with E-state index in [1.54, 1.807) is 30.3 Å². The van der Waals surface area contributed by atoms with Gasteiger partial charge in [0.2, 0.25) is 6.79 Å². The normalized spacial score (nSPS) is 13.3. The molecule has 0 aromatic heterocycles. The van der Waals surface area contributed by atoms with Crippen LogP contribution in [0.3, 0.4) is 0 Å². The fraction of sp³-hybridized carbons (Fsp3) is 0.278. The molecule has 1 heterocycles. The maximum atomic E-state index is 9.98. The van der Waals surface area contributed by atoms with Crippen molar-refractivity contribution in [3.8, 4) is 23.3 Å². The number of ether oxygens (including phenoxy) is 3. The van der Waals surface area contributed by atoms with Gasteiger partial charge in [-0.2, -0.15) is 5.26 Å². The third-order valence-corrected chi connectivity index (χ3v) is 3.58. The predicted molar refractivity (Wildman–Crippen MR) is 86.9 cm³/mol. The van der Waals surface area contributed by atoms with Crippen molar-refractivity contribution in [2.45, 2.75) is 12.6 Å². The van der Waals surface area contributed by atoms with Gasteiger partial charge in [0.25, 0.3) is 0 Å². The summed E-state index contributed by atoms with van der Waals surface area (Å²) in [4.78, 5) is 0. The highest BCUT2D eigenvalue weighted by Gasteiger charge is 2.14. The Morgan fingerprint density at radius 2 is 1.96 bits per heavy atom. The van der Waals surface area contributed by atoms with Gasteiger partial charge in [-0.05, 0) is 29.8 Å². The lowest BCUT2D eigenvalue weighted by atomic mass is 10.1. The van der Waals surface area contributed by atoms with Gasteiger partial charge in [0.15, 0.2) is 11.5 Å². The number of aliphatic hydroxyl groups is 1. The molecule has 0 aliphatic carbocycles. The van der Waals surface area contributed by atoms with Crippen LogP contribution < -0.4 is 19.5 Å². The minimum atomic E-state index is -0.631. The molecular formula is C18H18N2O4. The van der Waals surface area contributed by atoms with Gasteiger partial charge in [0.1, 0.15) is 18.5 Å². The fourth-order valence-electron chi connectivity index (χ4n) is 2.30. The molecule has 1 aliphatic heterocycles. The molecule has 2 aromatic carbocycles. The lowest BCUT2D eigenvalue weighted by molar-refractivity contribution is 0.106. The summed E-state index contributed by atoms with van der Waals surface area (Å²) in [7, 11) is 0. The van der Waals surface area contributed by atoms with E-state index < -0.39 is 6.10 Å². The summed E-state index contributed by atoms with van der Waals surface area (Å²) in [6.07, 6.45) is -0.631. The van der Waals surface area contributed by atoms with Crippen LogP contribution in [0.1, 0.15) is 11.1 Å². The first kappa shape index (κ1) is 16.1. The highest BCUT2D eigenvalue weighted by Crippen LogP contribution is 2.35. The van der Waals surface area contributed by atoms with E-state index >= 15 is 0 Å². The van der Waals surface area contributed by atoms with Gasteiger partial charge in [0, 0.05) is 19.2 Å². The molecule has 0 fully saturated rings. The highest BCUT2D eigenvalue weighted by atomic mass is 16.7. The molecular weight excluding hydrogens is 308 g/mol. The molecule has 0 spiro atoms. The largest absolute Gasteiger partial charge is 0.491 e. The smallest absolute Gasteiger partial charge is 0.231 e. The lowest BCUT2D eigenvalue weighted by Crippen LogP contribution is -2.31. The van der Waals surface area contributed by atoms with Crippen LogP contribution in [0.5, 0.6) is 17.2 Å². The molecule has 6 heteroatoms. The molecule has 0 unspecified atom stereocenters. The van der Waals surface area contributed by atoms with Crippen LogP contribution >= 0.6 is 0 Å². The van der Waals surface area contributed by atoms with E-state index in [1.807, 2.05) is 12.1 Å². The van der Waals surface area contributed by atoms with Gasteiger partial charge >= 0.3 is 0 Å². The summed E-state index contributed by atoms with van der Waals surface area (Å²) in [5, 5.41) is 21.9. The third-order valence-electron chi connectivity index (χ3n) is 3.58. The van der Waals surface area contributed by atoms with E-state index in [4.69, 9.17) is 19.5 Å². The van der Waals surface area contributed by atoms with Crippen molar-refractivity contribution in [3.63, 3.8) is 0 Å². The fourth-order valence-corrected chi connectivity index (χ4v) is 2.30. The molecule has 2 aromatic rings. The molecule has 0 amide bonds. The van der Waals surface area contributed by atoms with E-state index in [1.165, 1.54) is 0 Å². The average molecular weight is 326 g/mol. The van der Waals surface area contributed by atoms with Crippen LogP contribution in [-0.2, 0) is 6.54 Å². The van der Waals surface area contributed by atoms with Crippen molar-refractivity contribution >= 4 is 0 Å². The van der Waals surface area contributed by atoms with Crippen LogP contribution in [0, 0.1) is 11.3 Å². The van der Waals surface area contributed by atoms with Gasteiger partial charge < -0.3 is 24.6 Å². The number of hydrogen-bond acceptors (Lipinski definition) is 6. The van der Waals surface area contributed by atoms with Crippen molar-refractivity contribution < 1.29 is 19.3 Å². The monoisotopic (exact) mass is 326 g/mol. The lowest BCUT2D eigenvalue weighted by Gasteiger charge is -2.13. The maximum absolute atomic E-state index is 9.98. The summed E-state index contributed by atoms with van der Waals surface area (Å²) in [5.74, 6) is 1.98. The Hall–Kier alpha value is -2.75. The summed E-state index contributed by atoms with van der Waals surface area (Å²) in [6.45, 7) is 1.43. The topological polar surface area (TPSA) is 83.7 Å². The number of rotatable bonds is 7. The number of nitriles is 1. The van der Waals surface area contributed by atoms with Crippen LogP contribution in [0.2, 0.25) is 0 Å². The summed E-state index contributed by atoms with van der Waals surface area (Å²) in [6, 6.07) is 14.7. The second-order valence-electron chi connectivity index (χ2n) is 5.42. The molecule has 1 aliphatic rings. The number of nitrogens with zero attached hydrogens (tertiary/aromatic N) is 1. The van der Waals surface area contributed by atoms with E-state index in [0.29, 0.717) is 35.9 Å². The number of nitrogens with one attached hydrogen (secondary N) is 1. The molecule has 1 atom stereocenters. The minimum Gasteiger partial charge on any atom is -0.491 e. The van der Waals surface area contributed by atoms with Crippen LogP contribution in [0.4, 0.5) is 0 Å². The van der Waals surface area contributed by atoms with Gasteiger partial charge in [-0.15, -0.1) is 0 Å².